The summed E-state index contributed by atoms with van der Waals surface area (Å²) in [6.45, 7) is 6.38. The zero-order valence-corrected chi connectivity index (χ0v) is 9.78. The number of rotatable bonds is 0. The fraction of sp³-hybridized carbons (Fsp3) is 0.875. The zero-order valence-electron chi connectivity index (χ0n) is 6.78. The van der Waals surface area contributed by atoms with Crippen molar-refractivity contribution in [3.05, 3.63) is 6.92 Å². The van der Waals surface area contributed by atoms with E-state index in [1.807, 2.05) is 0 Å². The van der Waals surface area contributed by atoms with Gasteiger partial charge in [-0.2, -0.15) is 5.92 Å². The molecule has 10 heavy (non-hydrogen) atoms. The molecule has 0 spiro atoms. The Morgan fingerprint density at radius 2 is 1.90 bits per heavy atom. The van der Waals surface area contributed by atoms with Crippen LogP contribution in [0.2, 0.25) is 0 Å². The van der Waals surface area contributed by atoms with Gasteiger partial charge in [-0.3, -0.25) is 0 Å². The van der Waals surface area contributed by atoms with Gasteiger partial charge in [0, 0.05) is 0 Å². The summed E-state index contributed by atoms with van der Waals surface area (Å²) in [7, 11) is 0. The van der Waals surface area contributed by atoms with Gasteiger partial charge in [0.2, 0.25) is 0 Å². The van der Waals surface area contributed by atoms with Crippen molar-refractivity contribution in [2.45, 2.75) is 32.6 Å². The van der Waals surface area contributed by atoms with Crippen molar-refractivity contribution in [2.75, 3.05) is 0 Å². The van der Waals surface area contributed by atoms with E-state index in [9.17, 15) is 0 Å². The van der Waals surface area contributed by atoms with Gasteiger partial charge in [-0.05, 0) is 5.92 Å². The summed E-state index contributed by atoms with van der Waals surface area (Å²) in [4.78, 5) is 0. The van der Waals surface area contributed by atoms with Gasteiger partial charge in [-0.1, -0.05) is 32.6 Å². The van der Waals surface area contributed by atoms with E-state index in [2.05, 4.69) is 13.8 Å². The number of halogens is 1. The minimum atomic E-state index is 0. The van der Waals surface area contributed by atoms with E-state index >= 15 is 0 Å². The van der Waals surface area contributed by atoms with E-state index in [1.54, 1.807) is 0 Å². The summed E-state index contributed by atoms with van der Waals surface area (Å²) in [5.41, 5.74) is 0. The third-order valence-electron chi connectivity index (χ3n) is 2.04. The monoisotopic (exact) mass is 214 g/mol. The van der Waals surface area contributed by atoms with Crippen LogP contribution in [0.3, 0.4) is 0 Å². The molecule has 0 bridgehead atoms. The summed E-state index contributed by atoms with van der Waals surface area (Å²) in [5.74, 6) is 1.71. The summed E-state index contributed by atoms with van der Waals surface area (Å²) in [6, 6.07) is 0. The predicted molar refractivity (Wildman–Crippen MR) is 42.2 cm³/mol. The maximum atomic E-state index is 4.05. The fourth-order valence-electron chi connectivity index (χ4n) is 1.56. The minimum absolute atomic E-state index is 0. The Kier molecular flexibility index (Phi) is 9.57. The summed E-state index contributed by atoms with van der Waals surface area (Å²) < 4.78 is 0. The molecular formula is C8H15BrMg. The van der Waals surface area contributed by atoms with Crippen LogP contribution in [0.5, 0.6) is 0 Å². The first-order valence-electron chi connectivity index (χ1n) is 3.62. The average Bonchev–Trinajstić information content (AvgIpc) is 1.64. The minimum Gasteiger partial charge on any atom is -1.00 e. The molecule has 0 saturated heterocycles. The van der Waals surface area contributed by atoms with Crippen LogP contribution in [0.4, 0.5) is 0 Å². The van der Waals surface area contributed by atoms with E-state index in [4.69, 9.17) is 0 Å². The molecule has 1 saturated carbocycles. The molecule has 1 rings (SSSR count). The second kappa shape index (κ2) is 6.93. The van der Waals surface area contributed by atoms with Crippen molar-refractivity contribution in [3.63, 3.8) is 0 Å². The summed E-state index contributed by atoms with van der Waals surface area (Å²) in [5, 5.41) is 0. The van der Waals surface area contributed by atoms with Gasteiger partial charge in [0.25, 0.3) is 0 Å². The molecule has 1 aliphatic carbocycles. The van der Waals surface area contributed by atoms with Crippen LogP contribution < -0.4 is 17.0 Å². The van der Waals surface area contributed by atoms with Crippen LogP contribution in [0.25, 0.3) is 0 Å². The molecule has 0 heterocycles. The second-order valence-corrected chi connectivity index (χ2v) is 3.14. The van der Waals surface area contributed by atoms with Crippen LogP contribution in [0.1, 0.15) is 32.6 Å². The van der Waals surface area contributed by atoms with E-state index in [1.165, 1.54) is 25.7 Å². The van der Waals surface area contributed by atoms with Gasteiger partial charge < -0.3 is 23.9 Å². The first-order valence-corrected chi connectivity index (χ1v) is 3.62. The molecule has 0 aromatic heterocycles. The molecule has 0 N–H and O–H groups in total. The Labute approximate surface area is 91.1 Å². The standard InChI is InChI=1S/C8H15.BrH.Mg/c1-7-4-3-5-8(2)6-7;;/h7-8H,1,3-6H2,2H3;1H;/q-1;;+2/p-1. The van der Waals surface area contributed by atoms with E-state index in [-0.39, 0.29) is 40.0 Å². The number of hydrogen-bond donors (Lipinski definition) is 0. The van der Waals surface area contributed by atoms with E-state index in [0.29, 0.717) is 0 Å². The Balaban J connectivity index is 0. The quantitative estimate of drug-likeness (QED) is 0.369. The van der Waals surface area contributed by atoms with Crippen molar-refractivity contribution < 1.29 is 17.0 Å². The van der Waals surface area contributed by atoms with Gasteiger partial charge >= 0.3 is 23.1 Å². The van der Waals surface area contributed by atoms with Gasteiger partial charge in [-0.15, -0.1) is 0 Å². The Morgan fingerprint density at radius 3 is 2.20 bits per heavy atom. The first-order chi connectivity index (χ1) is 3.79. The normalized spacial score (nSPS) is 31.8. The molecule has 2 atom stereocenters. The molecule has 0 aliphatic heterocycles. The van der Waals surface area contributed by atoms with Crippen LogP contribution in [0, 0.1) is 18.8 Å². The number of hydrogen-bond acceptors (Lipinski definition) is 0. The van der Waals surface area contributed by atoms with Crippen LogP contribution >= 0.6 is 0 Å². The van der Waals surface area contributed by atoms with Gasteiger partial charge in [-0.25, -0.2) is 0 Å². The van der Waals surface area contributed by atoms with Crippen molar-refractivity contribution in [3.8, 4) is 0 Å². The van der Waals surface area contributed by atoms with E-state index < -0.39 is 0 Å². The molecule has 2 unspecified atom stereocenters. The molecule has 2 heteroatoms. The van der Waals surface area contributed by atoms with Crippen molar-refractivity contribution in [2.24, 2.45) is 11.8 Å². The molecule has 0 amide bonds. The Morgan fingerprint density at radius 1 is 1.30 bits per heavy atom. The topological polar surface area (TPSA) is 0 Å². The van der Waals surface area contributed by atoms with Gasteiger partial charge in [0.05, 0.1) is 0 Å². The van der Waals surface area contributed by atoms with Gasteiger partial charge in [0.1, 0.15) is 0 Å². The van der Waals surface area contributed by atoms with Gasteiger partial charge in [0.15, 0.2) is 0 Å². The molecule has 0 radical (unpaired) electrons. The third kappa shape index (κ3) is 4.97. The van der Waals surface area contributed by atoms with Crippen molar-refractivity contribution >= 4 is 23.1 Å². The molecule has 0 nitrogen and oxygen atoms in total. The Bertz CT molecular complexity index is 67.7. The largest absolute Gasteiger partial charge is 2.00 e. The smallest absolute Gasteiger partial charge is 1.00 e. The Hall–Kier alpha value is 1.25. The third-order valence-corrected chi connectivity index (χ3v) is 2.04. The molecule has 0 aromatic carbocycles. The molecule has 1 aliphatic rings. The maximum absolute atomic E-state index is 4.05. The fourth-order valence-corrected chi connectivity index (χ4v) is 1.56. The van der Waals surface area contributed by atoms with Crippen molar-refractivity contribution in [1.82, 2.24) is 0 Å². The summed E-state index contributed by atoms with van der Waals surface area (Å²) >= 11 is 0. The zero-order chi connectivity index (χ0) is 5.98. The maximum Gasteiger partial charge on any atom is 2.00 e. The first kappa shape index (κ1) is 13.8. The van der Waals surface area contributed by atoms with Crippen molar-refractivity contribution in [1.29, 1.82) is 0 Å². The van der Waals surface area contributed by atoms with Crippen LogP contribution in [-0.4, -0.2) is 23.1 Å². The molecular weight excluding hydrogens is 200 g/mol. The van der Waals surface area contributed by atoms with Crippen LogP contribution in [-0.2, 0) is 0 Å². The molecule has 56 valence electrons. The second-order valence-electron chi connectivity index (χ2n) is 3.14. The molecule has 1 fully saturated rings. The average molecular weight is 215 g/mol. The summed E-state index contributed by atoms with van der Waals surface area (Å²) in [6.07, 6.45) is 5.58. The van der Waals surface area contributed by atoms with Crippen LogP contribution in [0.15, 0.2) is 0 Å². The SMILES string of the molecule is [Br-].[CH2-]C1CCCC(C)C1.[Mg+2]. The predicted octanol–water partition coefficient (Wildman–Crippen LogP) is -0.730. The molecule has 0 aromatic rings. The van der Waals surface area contributed by atoms with E-state index in [0.717, 1.165) is 11.8 Å².